The average molecular weight is 273 g/mol. The third kappa shape index (κ3) is 3.39. The Kier molecular flexibility index (Phi) is 5.18. The van der Waals surface area contributed by atoms with Gasteiger partial charge < -0.3 is 9.64 Å². The van der Waals surface area contributed by atoms with E-state index in [0.29, 0.717) is 0 Å². The van der Waals surface area contributed by atoms with Gasteiger partial charge in [-0.15, -0.1) is 0 Å². The molecule has 0 aliphatic carbocycles. The van der Waals surface area contributed by atoms with E-state index in [-0.39, 0.29) is 0 Å². The molecule has 0 spiro atoms. The average Bonchev–Trinajstić information content (AvgIpc) is 2.93. The minimum absolute atomic E-state index is 0.870. The number of H-pyrrole nitrogens is 1. The fourth-order valence-electron chi connectivity index (χ4n) is 2.31. The van der Waals surface area contributed by atoms with Crippen molar-refractivity contribution in [2.24, 2.45) is 0 Å². The van der Waals surface area contributed by atoms with Crippen LogP contribution in [0.1, 0.15) is 25.3 Å². The van der Waals surface area contributed by atoms with Crippen LogP contribution in [-0.4, -0.2) is 35.8 Å². The topological polar surface area (TPSA) is 41.2 Å². The van der Waals surface area contributed by atoms with E-state index in [1.54, 1.807) is 7.11 Å². The Labute approximate surface area is 120 Å². The Morgan fingerprint density at radius 1 is 1.30 bits per heavy atom. The van der Waals surface area contributed by atoms with E-state index >= 15 is 0 Å². The van der Waals surface area contributed by atoms with Crippen LogP contribution in [0.4, 0.5) is 0 Å². The van der Waals surface area contributed by atoms with Crippen LogP contribution in [0.5, 0.6) is 5.75 Å². The quantitative estimate of drug-likeness (QED) is 0.841. The molecule has 20 heavy (non-hydrogen) atoms. The third-order valence-corrected chi connectivity index (χ3v) is 3.43. The largest absolute Gasteiger partial charge is 0.496 e. The summed E-state index contributed by atoms with van der Waals surface area (Å²) < 4.78 is 5.43. The summed E-state index contributed by atoms with van der Waals surface area (Å²) >= 11 is 0. The zero-order valence-corrected chi connectivity index (χ0v) is 12.5. The number of nitrogens with one attached hydrogen (secondary N) is 1. The van der Waals surface area contributed by atoms with Crippen molar-refractivity contribution < 1.29 is 4.74 Å². The number of ether oxygens (including phenoxy) is 1. The zero-order chi connectivity index (χ0) is 14.4. The third-order valence-electron chi connectivity index (χ3n) is 3.43. The normalized spacial score (nSPS) is 11.0. The molecule has 0 bridgehead atoms. The van der Waals surface area contributed by atoms with Gasteiger partial charge in [0.05, 0.1) is 19.0 Å². The lowest BCUT2D eigenvalue weighted by atomic mass is 10.1. The molecular formula is C16H23N3O. The van der Waals surface area contributed by atoms with E-state index in [2.05, 4.69) is 35.1 Å². The molecule has 0 radical (unpaired) electrons. The van der Waals surface area contributed by atoms with E-state index in [1.165, 1.54) is 18.4 Å². The molecule has 4 heteroatoms. The molecule has 0 amide bonds. The number of benzene rings is 1. The van der Waals surface area contributed by atoms with Gasteiger partial charge in [-0.05, 0) is 32.1 Å². The standard InChI is InChI=1S/C16H23N3O/c1-4-5-10-19(2)12-13-11-17-18-16(13)14-8-6-7-9-15(14)20-3/h6-9,11H,4-5,10,12H2,1-3H3,(H,17,18). The molecule has 1 N–H and O–H groups in total. The number of unbranched alkanes of at least 4 members (excludes halogenated alkanes) is 1. The van der Waals surface area contributed by atoms with Crippen LogP contribution in [0, 0.1) is 0 Å². The molecular weight excluding hydrogens is 250 g/mol. The number of hydrogen-bond acceptors (Lipinski definition) is 3. The first-order valence-corrected chi connectivity index (χ1v) is 7.10. The lowest BCUT2D eigenvalue weighted by Gasteiger charge is -2.16. The highest BCUT2D eigenvalue weighted by molar-refractivity contribution is 5.69. The Hall–Kier alpha value is -1.81. The lowest BCUT2D eigenvalue weighted by Crippen LogP contribution is -2.19. The summed E-state index contributed by atoms with van der Waals surface area (Å²) in [5, 5.41) is 7.30. The second kappa shape index (κ2) is 7.10. The van der Waals surface area contributed by atoms with Gasteiger partial charge in [0.1, 0.15) is 5.75 Å². The van der Waals surface area contributed by atoms with Crippen LogP contribution in [0.15, 0.2) is 30.5 Å². The van der Waals surface area contributed by atoms with Crippen molar-refractivity contribution in [1.29, 1.82) is 0 Å². The van der Waals surface area contributed by atoms with Crippen molar-refractivity contribution in [3.8, 4) is 17.0 Å². The first kappa shape index (κ1) is 14.6. The summed E-state index contributed by atoms with van der Waals surface area (Å²) in [4.78, 5) is 2.33. The van der Waals surface area contributed by atoms with Crippen LogP contribution < -0.4 is 4.74 Å². The number of aromatic amines is 1. The maximum Gasteiger partial charge on any atom is 0.128 e. The molecule has 0 aliphatic heterocycles. The van der Waals surface area contributed by atoms with Crippen molar-refractivity contribution in [2.75, 3.05) is 20.7 Å². The van der Waals surface area contributed by atoms with Gasteiger partial charge in [-0.2, -0.15) is 5.10 Å². The van der Waals surface area contributed by atoms with Gasteiger partial charge in [0.2, 0.25) is 0 Å². The van der Waals surface area contributed by atoms with Crippen LogP contribution in [0.25, 0.3) is 11.3 Å². The molecule has 0 saturated heterocycles. The van der Waals surface area contributed by atoms with Gasteiger partial charge in [-0.1, -0.05) is 25.5 Å². The van der Waals surface area contributed by atoms with Gasteiger partial charge in [0.15, 0.2) is 0 Å². The fraction of sp³-hybridized carbons (Fsp3) is 0.438. The van der Waals surface area contributed by atoms with Crippen LogP contribution >= 0.6 is 0 Å². The summed E-state index contributed by atoms with van der Waals surface area (Å²) in [6.45, 7) is 4.21. The van der Waals surface area contributed by atoms with E-state index < -0.39 is 0 Å². The van der Waals surface area contributed by atoms with Crippen molar-refractivity contribution in [2.45, 2.75) is 26.3 Å². The smallest absolute Gasteiger partial charge is 0.128 e. The van der Waals surface area contributed by atoms with E-state index in [9.17, 15) is 0 Å². The van der Waals surface area contributed by atoms with Crippen LogP contribution in [0.2, 0.25) is 0 Å². The van der Waals surface area contributed by atoms with Gasteiger partial charge >= 0.3 is 0 Å². The molecule has 0 saturated carbocycles. The van der Waals surface area contributed by atoms with Gasteiger partial charge in [-0.25, -0.2) is 0 Å². The highest BCUT2D eigenvalue weighted by Gasteiger charge is 2.13. The molecule has 108 valence electrons. The number of hydrogen-bond donors (Lipinski definition) is 1. The summed E-state index contributed by atoms with van der Waals surface area (Å²) in [6, 6.07) is 8.03. The van der Waals surface area contributed by atoms with Crippen LogP contribution in [-0.2, 0) is 6.54 Å². The maximum absolute atomic E-state index is 5.43. The maximum atomic E-state index is 5.43. The minimum atomic E-state index is 0.870. The predicted octanol–water partition coefficient (Wildman–Crippen LogP) is 3.32. The summed E-state index contributed by atoms with van der Waals surface area (Å²) in [5.74, 6) is 0.870. The Balaban J connectivity index is 2.20. The monoisotopic (exact) mass is 273 g/mol. The number of para-hydroxylation sites is 1. The molecule has 4 nitrogen and oxygen atoms in total. The Morgan fingerprint density at radius 2 is 2.10 bits per heavy atom. The summed E-state index contributed by atoms with van der Waals surface area (Å²) in [5.41, 5.74) is 3.31. The highest BCUT2D eigenvalue weighted by Crippen LogP contribution is 2.30. The lowest BCUT2D eigenvalue weighted by molar-refractivity contribution is 0.321. The van der Waals surface area contributed by atoms with Crippen molar-refractivity contribution >= 4 is 0 Å². The highest BCUT2D eigenvalue weighted by atomic mass is 16.5. The molecule has 0 atom stereocenters. The van der Waals surface area contributed by atoms with E-state index in [1.807, 2.05) is 24.4 Å². The Bertz CT molecular complexity index is 536. The fourth-order valence-corrected chi connectivity index (χ4v) is 2.31. The SMILES string of the molecule is CCCCN(C)Cc1cn[nH]c1-c1ccccc1OC. The van der Waals surface area contributed by atoms with Crippen LogP contribution in [0.3, 0.4) is 0 Å². The summed E-state index contributed by atoms with van der Waals surface area (Å²) in [7, 11) is 3.84. The first-order valence-electron chi connectivity index (χ1n) is 7.10. The van der Waals surface area contributed by atoms with Crippen molar-refractivity contribution in [3.05, 3.63) is 36.0 Å². The van der Waals surface area contributed by atoms with Crippen molar-refractivity contribution in [1.82, 2.24) is 15.1 Å². The molecule has 0 unspecified atom stereocenters. The van der Waals surface area contributed by atoms with Gasteiger partial charge in [0, 0.05) is 17.7 Å². The second-order valence-electron chi connectivity index (χ2n) is 5.06. The molecule has 0 aliphatic rings. The second-order valence-corrected chi connectivity index (χ2v) is 5.06. The molecule has 1 aromatic carbocycles. The number of rotatable bonds is 7. The van der Waals surface area contributed by atoms with Gasteiger partial charge in [-0.3, -0.25) is 5.10 Å². The molecule has 2 rings (SSSR count). The first-order chi connectivity index (χ1) is 9.76. The minimum Gasteiger partial charge on any atom is -0.496 e. The molecule has 1 heterocycles. The Morgan fingerprint density at radius 3 is 2.85 bits per heavy atom. The predicted molar refractivity (Wildman–Crippen MR) is 81.8 cm³/mol. The number of aromatic nitrogens is 2. The summed E-state index contributed by atoms with van der Waals surface area (Å²) in [6.07, 6.45) is 4.34. The molecule has 2 aromatic rings. The molecule has 1 aromatic heterocycles. The van der Waals surface area contributed by atoms with E-state index in [4.69, 9.17) is 4.74 Å². The number of nitrogens with zero attached hydrogens (tertiary/aromatic N) is 2. The number of methoxy groups -OCH3 is 1. The van der Waals surface area contributed by atoms with Crippen molar-refractivity contribution in [3.63, 3.8) is 0 Å². The molecule has 0 fully saturated rings. The van der Waals surface area contributed by atoms with E-state index in [0.717, 1.165) is 30.1 Å². The van der Waals surface area contributed by atoms with Gasteiger partial charge in [0.25, 0.3) is 0 Å². The zero-order valence-electron chi connectivity index (χ0n) is 12.5.